The molecule has 0 spiro atoms. The Morgan fingerprint density at radius 3 is 2.53 bits per heavy atom. The Kier molecular flexibility index (Phi) is 10.4. The molecule has 0 saturated carbocycles. The zero-order valence-corrected chi connectivity index (χ0v) is 23.2. The molecule has 9 nitrogen and oxygen atoms in total. The van der Waals surface area contributed by atoms with Gasteiger partial charge in [0.15, 0.2) is 18.1 Å². The number of hydrazone groups is 1. The second-order valence-corrected chi connectivity index (χ2v) is 9.27. The maximum absolute atomic E-state index is 13.7. The van der Waals surface area contributed by atoms with Gasteiger partial charge in [-0.1, -0.05) is 29.8 Å². The van der Waals surface area contributed by atoms with Crippen molar-refractivity contribution in [2.75, 3.05) is 23.8 Å². The van der Waals surface area contributed by atoms with Crippen molar-refractivity contribution in [1.29, 1.82) is 0 Å². The highest BCUT2D eigenvalue weighted by molar-refractivity contribution is 14.1. The van der Waals surface area contributed by atoms with Crippen LogP contribution in [0.4, 0.5) is 15.8 Å². The summed E-state index contributed by atoms with van der Waals surface area (Å²) in [5.41, 5.74) is 3.93. The molecular weight excluding hydrogens is 630 g/mol. The minimum absolute atomic E-state index is 0.125. The Hall–Kier alpha value is -3.71. The molecule has 3 amide bonds. The fraction of sp³-hybridized carbons (Fsp3) is 0.154. The molecule has 198 valence electrons. The Morgan fingerprint density at radius 2 is 1.82 bits per heavy atom. The first-order valence-electron chi connectivity index (χ1n) is 11.2. The van der Waals surface area contributed by atoms with Gasteiger partial charge in [0.1, 0.15) is 5.82 Å². The predicted molar refractivity (Wildman–Crippen MR) is 151 cm³/mol. The van der Waals surface area contributed by atoms with Crippen LogP contribution in [0.1, 0.15) is 18.1 Å². The average Bonchev–Trinajstić information content (AvgIpc) is 2.87. The van der Waals surface area contributed by atoms with Gasteiger partial charge < -0.3 is 20.1 Å². The van der Waals surface area contributed by atoms with E-state index in [4.69, 9.17) is 21.1 Å². The van der Waals surface area contributed by atoms with E-state index in [1.807, 2.05) is 29.5 Å². The SMILES string of the molecule is CCOc1cc(/C=N\NC(=O)C(=O)Nc2ccccc2F)cc(I)c1OCC(=O)Nc1ccc(C)c(Cl)c1. The molecule has 0 aromatic heterocycles. The fourth-order valence-electron chi connectivity index (χ4n) is 3.03. The molecule has 0 unspecified atom stereocenters. The van der Waals surface area contributed by atoms with E-state index < -0.39 is 17.6 Å². The molecule has 0 aliphatic carbocycles. The third kappa shape index (κ3) is 8.15. The Morgan fingerprint density at radius 1 is 1.05 bits per heavy atom. The van der Waals surface area contributed by atoms with Gasteiger partial charge in [-0.3, -0.25) is 14.4 Å². The highest BCUT2D eigenvalue weighted by Crippen LogP contribution is 2.34. The van der Waals surface area contributed by atoms with E-state index in [2.05, 4.69) is 21.2 Å². The van der Waals surface area contributed by atoms with Crippen LogP contribution >= 0.6 is 34.2 Å². The molecule has 38 heavy (non-hydrogen) atoms. The first kappa shape index (κ1) is 28.9. The molecule has 0 aliphatic heterocycles. The van der Waals surface area contributed by atoms with Crippen molar-refractivity contribution < 1.29 is 28.2 Å². The number of hydrogen-bond donors (Lipinski definition) is 3. The van der Waals surface area contributed by atoms with E-state index >= 15 is 0 Å². The van der Waals surface area contributed by atoms with Crippen LogP contribution in [-0.4, -0.2) is 37.1 Å². The van der Waals surface area contributed by atoms with Crippen LogP contribution in [0, 0.1) is 16.3 Å². The maximum Gasteiger partial charge on any atom is 0.329 e. The number of amides is 3. The van der Waals surface area contributed by atoms with Gasteiger partial charge in [0, 0.05) is 10.7 Å². The van der Waals surface area contributed by atoms with Crippen molar-refractivity contribution in [3.05, 3.63) is 80.1 Å². The number of rotatable bonds is 9. The van der Waals surface area contributed by atoms with Crippen LogP contribution in [-0.2, 0) is 14.4 Å². The van der Waals surface area contributed by atoms with Gasteiger partial charge >= 0.3 is 11.8 Å². The van der Waals surface area contributed by atoms with Crippen LogP contribution in [0.25, 0.3) is 0 Å². The van der Waals surface area contributed by atoms with Gasteiger partial charge in [-0.05, 0) is 84.0 Å². The van der Waals surface area contributed by atoms with Crippen LogP contribution in [0.5, 0.6) is 11.5 Å². The summed E-state index contributed by atoms with van der Waals surface area (Å²) in [5.74, 6) is -2.50. The summed E-state index contributed by atoms with van der Waals surface area (Å²) < 4.78 is 25.7. The first-order valence-corrected chi connectivity index (χ1v) is 12.7. The number of anilines is 2. The van der Waals surface area contributed by atoms with Gasteiger partial charge in [0.2, 0.25) is 0 Å². The van der Waals surface area contributed by atoms with E-state index in [-0.39, 0.29) is 18.2 Å². The molecule has 3 aromatic carbocycles. The van der Waals surface area contributed by atoms with Crippen LogP contribution in [0.3, 0.4) is 0 Å². The Bertz CT molecular complexity index is 1390. The van der Waals surface area contributed by atoms with E-state index in [0.717, 1.165) is 11.6 Å². The predicted octanol–water partition coefficient (Wildman–Crippen LogP) is 4.90. The molecule has 0 fully saturated rings. The van der Waals surface area contributed by atoms with E-state index in [1.165, 1.54) is 24.4 Å². The second-order valence-electron chi connectivity index (χ2n) is 7.70. The number of nitrogens with zero attached hydrogens (tertiary/aromatic N) is 1. The fourth-order valence-corrected chi connectivity index (χ4v) is 3.99. The minimum atomic E-state index is -1.08. The number of para-hydroxylation sites is 1. The number of aryl methyl sites for hydroxylation is 1. The number of benzene rings is 3. The third-order valence-electron chi connectivity index (χ3n) is 4.84. The normalized spacial score (nSPS) is 10.7. The molecule has 0 aliphatic rings. The number of halogens is 3. The van der Waals surface area contributed by atoms with Gasteiger partial charge in [-0.15, -0.1) is 0 Å². The van der Waals surface area contributed by atoms with Crippen molar-refractivity contribution in [2.24, 2.45) is 5.10 Å². The molecule has 0 heterocycles. The largest absolute Gasteiger partial charge is 0.490 e. The molecular formula is C26H23ClFIN4O5. The summed E-state index contributed by atoms with van der Waals surface area (Å²) in [6.45, 7) is 3.71. The number of carbonyl (C=O) groups is 3. The van der Waals surface area contributed by atoms with Crippen molar-refractivity contribution >= 4 is 69.5 Å². The molecule has 12 heteroatoms. The van der Waals surface area contributed by atoms with Gasteiger partial charge in [-0.2, -0.15) is 5.10 Å². The lowest BCUT2D eigenvalue weighted by Crippen LogP contribution is -2.32. The Balaban J connectivity index is 1.62. The monoisotopic (exact) mass is 652 g/mol. The number of ether oxygens (including phenoxy) is 2. The van der Waals surface area contributed by atoms with Crippen LogP contribution in [0.2, 0.25) is 5.02 Å². The zero-order valence-electron chi connectivity index (χ0n) is 20.3. The topological polar surface area (TPSA) is 118 Å². The summed E-state index contributed by atoms with van der Waals surface area (Å²) in [4.78, 5) is 36.4. The van der Waals surface area contributed by atoms with Crippen molar-refractivity contribution in [3.63, 3.8) is 0 Å². The zero-order chi connectivity index (χ0) is 27.7. The van der Waals surface area contributed by atoms with Gasteiger partial charge in [0.05, 0.1) is 22.1 Å². The highest BCUT2D eigenvalue weighted by atomic mass is 127. The second kappa shape index (κ2) is 13.7. The summed E-state index contributed by atoms with van der Waals surface area (Å²) in [6, 6.07) is 13.9. The number of nitrogens with one attached hydrogen (secondary N) is 3. The van der Waals surface area contributed by atoms with Gasteiger partial charge in [-0.25, -0.2) is 9.82 Å². The summed E-state index contributed by atoms with van der Waals surface area (Å²) in [5, 5.41) is 9.21. The molecule has 0 radical (unpaired) electrons. The molecule has 3 rings (SSSR count). The lowest BCUT2D eigenvalue weighted by Gasteiger charge is -2.15. The standard InChI is InChI=1S/C26H23ClFIN4O5/c1-3-37-22-11-16(13-30-33-26(36)25(35)32-21-7-5-4-6-19(21)28)10-20(29)24(22)38-14-23(34)31-17-9-8-15(2)18(27)12-17/h4-13H,3,14H2,1-2H3,(H,31,34)(H,32,35)(H,33,36)/b30-13-. The summed E-state index contributed by atoms with van der Waals surface area (Å²) >= 11 is 8.12. The summed E-state index contributed by atoms with van der Waals surface area (Å²) in [6.07, 6.45) is 1.30. The van der Waals surface area contributed by atoms with E-state index in [1.54, 1.807) is 37.3 Å². The van der Waals surface area contributed by atoms with Crippen LogP contribution in [0.15, 0.2) is 59.7 Å². The summed E-state index contributed by atoms with van der Waals surface area (Å²) in [7, 11) is 0. The molecule has 0 bridgehead atoms. The van der Waals surface area contributed by atoms with E-state index in [9.17, 15) is 18.8 Å². The van der Waals surface area contributed by atoms with Gasteiger partial charge in [0.25, 0.3) is 5.91 Å². The smallest absolute Gasteiger partial charge is 0.329 e. The maximum atomic E-state index is 13.7. The average molecular weight is 653 g/mol. The quantitative estimate of drug-likeness (QED) is 0.132. The Labute approximate surface area is 236 Å². The first-order chi connectivity index (χ1) is 18.2. The highest BCUT2D eigenvalue weighted by Gasteiger charge is 2.16. The molecule has 0 atom stereocenters. The lowest BCUT2D eigenvalue weighted by molar-refractivity contribution is -0.136. The molecule has 3 N–H and O–H groups in total. The molecule has 3 aromatic rings. The van der Waals surface area contributed by atoms with E-state index in [0.29, 0.717) is 37.9 Å². The minimum Gasteiger partial charge on any atom is -0.490 e. The van der Waals surface area contributed by atoms with Crippen LogP contribution < -0.4 is 25.5 Å². The van der Waals surface area contributed by atoms with Crippen molar-refractivity contribution in [2.45, 2.75) is 13.8 Å². The number of carbonyl (C=O) groups excluding carboxylic acids is 3. The molecule has 0 saturated heterocycles. The lowest BCUT2D eigenvalue weighted by atomic mass is 10.2. The number of hydrogen-bond acceptors (Lipinski definition) is 6. The van der Waals surface area contributed by atoms with Crippen molar-refractivity contribution in [3.8, 4) is 11.5 Å². The van der Waals surface area contributed by atoms with Crippen molar-refractivity contribution in [1.82, 2.24) is 5.43 Å². The third-order valence-corrected chi connectivity index (χ3v) is 6.05.